The summed E-state index contributed by atoms with van der Waals surface area (Å²) in [7, 11) is 0. The first-order valence-electron chi connectivity index (χ1n) is 5.98. The lowest BCUT2D eigenvalue weighted by atomic mass is 9.87. The van der Waals surface area contributed by atoms with Crippen molar-refractivity contribution in [1.29, 1.82) is 0 Å². The number of aromatic nitrogens is 2. The molecule has 1 aromatic heterocycles. The van der Waals surface area contributed by atoms with Crippen molar-refractivity contribution in [2.45, 2.75) is 52.5 Å². The van der Waals surface area contributed by atoms with Crippen LogP contribution in [0.15, 0.2) is 4.52 Å². The first kappa shape index (κ1) is 11.6. The van der Waals surface area contributed by atoms with Crippen molar-refractivity contribution < 1.29 is 4.52 Å². The Morgan fingerprint density at radius 3 is 2.50 bits per heavy atom. The zero-order valence-electron chi connectivity index (χ0n) is 10.5. The molecule has 1 saturated carbocycles. The molecule has 0 aromatic carbocycles. The largest absolute Gasteiger partial charge is 0.339 e. The van der Waals surface area contributed by atoms with Gasteiger partial charge in [-0.15, -0.1) is 0 Å². The van der Waals surface area contributed by atoms with E-state index in [9.17, 15) is 0 Å². The van der Waals surface area contributed by atoms with Gasteiger partial charge in [0.25, 0.3) is 0 Å². The molecule has 0 aliphatic heterocycles. The molecule has 16 heavy (non-hydrogen) atoms. The van der Waals surface area contributed by atoms with E-state index in [0.717, 1.165) is 11.8 Å². The topological polar surface area (TPSA) is 64.9 Å². The highest BCUT2D eigenvalue weighted by Gasteiger charge is 2.34. The highest BCUT2D eigenvalue weighted by molar-refractivity contribution is 5.03. The molecule has 2 N–H and O–H groups in total. The van der Waals surface area contributed by atoms with E-state index in [2.05, 4.69) is 37.8 Å². The van der Waals surface area contributed by atoms with Gasteiger partial charge < -0.3 is 10.3 Å². The molecule has 2 rings (SSSR count). The summed E-state index contributed by atoms with van der Waals surface area (Å²) in [6.07, 6.45) is 2.56. The number of nitrogens with two attached hydrogens (primary N) is 1. The maximum absolute atomic E-state index is 6.09. The van der Waals surface area contributed by atoms with E-state index in [1.807, 2.05) is 0 Å². The first-order chi connectivity index (χ1) is 7.39. The summed E-state index contributed by atoms with van der Waals surface area (Å²) in [5.41, 5.74) is 6.05. The van der Waals surface area contributed by atoms with Gasteiger partial charge >= 0.3 is 0 Å². The Morgan fingerprint density at radius 2 is 2.00 bits per heavy atom. The third-order valence-corrected chi connectivity index (χ3v) is 3.39. The molecule has 90 valence electrons. The summed E-state index contributed by atoms with van der Waals surface area (Å²) in [6.45, 7) is 8.39. The fraction of sp³-hybridized carbons (Fsp3) is 0.833. The summed E-state index contributed by atoms with van der Waals surface area (Å²) < 4.78 is 5.30. The van der Waals surface area contributed by atoms with Crippen molar-refractivity contribution in [3.8, 4) is 0 Å². The Balaban J connectivity index is 2.12. The standard InChI is InChI=1S/C12H21N3O/c1-7(8-5-6-8)11-14-10(15-16-11)9(13)12(2,3)4/h7-9H,5-6,13H2,1-4H3. The highest BCUT2D eigenvalue weighted by atomic mass is 16.5. The number of hydrogen-bond acceptors (Lipinski definition) is 4. The number of nitrogens with zero attached hydrogens (tertiary/aromatic N) is 2. The number of hydrogen-bond donors (Lipinski definition) is 1. The van der Waals surface area contributed by atoms with E-state index in [1.54, 1.807) is 0 Å². The molecule has 0 saturated heterocycles. The Kier molecular flexibility index (Phi) is 2.78. The van der Waals surface area contributed by atoms with Crippen LogP contribution in [0.4, 0.5) is 0 Å². The molecule has 0 amide bonds. The van der Waals surface area contributed by atoms with Crippen LogP contribution in [0.25, 0.3) is 0 Å². The molecule has 4 heteroatoms. The van der Waals surface area contributed by atoms with Gasteiger partial charge in [-0.05, 0) is 24.2 Å². The van der Waals surface area contributed by atoms with Crippen molar-refractivity contribution >= 4 is 0 Å². The van der Waals surface area contributed by atoms with Crippen molar-refractivity contribution in [1.82, 2.24) is 10.1 Å². The van der Waals surface area contributed by atoms with E-state index in [1.165, 1.54) is 12.8 Å². The van der Waals surface area contributed by atoms with Crippen molar-refractivity contribution in [2.75, 3.05) is 0 Å². The van der Waals surface area contributed by atoms with Gasteiger partial charge in [0.15, 0.2) is 5.82 Å². The molecule has 1 aliphatic rings. The lowest BCUT2D eigenvalue weighted by Crippen LogP contribution is -2.27. The van der Waals surface area contributed by atoms with E-state index in [-0.39, 0.29) is 11.5 Å². The van der Waals surface area contributed by atoms with Crippen LogP contribution in [0.2, 0.25) is 0 Å². The van der Waals surface area contributed by atoms with Gasteiger partial charge in [-0.25, -0.2) is 0 Å². The van der Waals surface area contributed by atoms with Crippen LogP contribution in [0.3, 0.4) is 0 Å². The van der Waals surface area contributed by atoms with Crippen LogP contribution < -0.4 is 5.73 Å². The molecule has 0 bridgehead atoms. The van der Waals surface area contributed by atoms with Gasteiger partial charge in [0, 0.05) is 5.92 Å². The Morgan fingerprint density at radius 1 is 1.38 bits per heavy atom. The fourth-order valence-corrected chi connectivity index (χ4v) is 1.74. The second-order valence-corrected chi connectivity index (χ2v) is 5.96. The maximum Gasteiger partial charge on any atom is 0.229 e. The average Bonchev–Trinajstić information content (AvgIpc) is 2.92. The Hall–Kier alpha value is -0.900. The number of rotatable bonds is 3. The van der Waals surface area contributed by atoms with Crippen molar-refractivity contribution in [2.24, 2.45) is 17.1 Å². The van der Waals surface area contributed by atoms with Crippen LogP contribution in [0, 0.1) is 11.3 Å². The normalized spacial score (nSPS) is 20.8. The van der Waals surface area contributed by atoms with Crippen LogP contribution in [0.1, 0.15) is 64.2 Å². The zero-order chi connectivity index (χ0) is 11.9. The van der Waals surface area contributed by atoms with E-state index < -0.39 is 0 Å². The summed E-state index contributed by atoms with van der Waals surface area (Å²) >= 11 is 0. The quantitative estimate of drug-likeness (QED) is 0.855. The predicted octanol–water partition coefficient (Wildman–Crippen LogP) is 2.63. The van der Waals surface area contributed by atoms with Crippen molar-refractivity contribution in [3.63, 3.8) is 0 Å². The minimum atomic E-state index is -0.170. The first-order valence-corrected chi connectivity index (χ1v) is 5.98. The predicted molar refractivity (Wildman–Crippen MR) is 61.8 cm³/mol. The summed E-state index contributed by atoms with van der Waals surface area (Å²) in [5, 5.41) is 4.00. The van der Waals surface area contributed by atoms with Gasteiger partial charge in [-0.2, -0.15) is 4.98 Å². The van der Waals surface area contributed by atoms with Gasteiger partial charge in [-0.1, -0.05) is 32.9 Å². The minimum Gasteiger partial charge on any atom is -0.339 e. The molecule has 0 spiro atoms. The molecule has 0 radical (unpaired) electrons. The summed E-state index contributed by atoms with van der Waals surface area (Å²) in [5.74, 6) is 2.50. The van der Waals surface area contributed by atoms with E-state index >= 15 is 0 Å². The van der Waals surface area contributed by atoms with Gasteiger partial charge in [0.1, 0.15) is 0 Å². The van der Waals surface area contributed by atoms with Crippen molar-refractivity contribution in [3.05, 3.63) is 11.7 Å². The summed E-state index contributed by atoms with van der Waals surface area (Å²) in [6, 6.07) is -0.170. The Bertz CT molecular complexity index is 363. The molecule has 1 fully saturated rings. The molecule has 1 aliphatic carbocycles. The smallest absolute Gasteiger partial charge is 0.229 e. The van der Waals surface area contributed by atoms with Gasteiger partial charge in [0.05, 0.1) is 6.04 Å². The third kappa shape index (κ3) is 2.26. The fourth-order valence-electron chi connectivity index (χ4n) is 1.74. The molecular weight excluding hydrogens is 202 g/mol. The molecule has 2 unspecified atom stereocenters. The monoisotopic (exact) mass is 223 g/mol. The zero-order valence-corrected chi connectivity index (χ0v) is 10.5. The van der Waals surface area contributed by atoms with Crippen LogP contribution in [-0.4, -0.2) is 10.1 Å². The van der Waals surface area contributed by atoms with E-state index in [0.29, 0.717) is 11.7 Å². The molecule has 1 aromatic rings. The molecule has 1 heterocycles. The van der Waals surface area contributed by atoms with E-state index in [4.69, 9.17) is 10.3 Å². The van der Waals surface area contributed by atoms with Gasteiger partial charge in [-0.3, -0.25) is 0 Å². The second kappa shape index (κ2) is 3.84. The summed E-state index contributed by atoms with van der Waals surface area (Å²) in [4.78, 5) is 4.44. The second-order valence-electron chi connectivity index (χ2n) is 5.96. The van der Waals surface area contributed by atoms with Crippen LogP contribution in [-0.2, 0) is 0 Å². The lowest BCUT2D eigenvalue weighted by molar-refractivity contribution is 0.297. The molecular formula is C12H21N3O. The Labute approximate surface area is 96.6 Å². The molecule has 4 nitrogen and oxygen atoms in total. The third-order valence-electron chi connectivity index (χ3n) is 3.39. The van der Waals surface area contributed by atoms with Crippen LogP contribution >= 0.6 is 0 Å². The highest BCUT2D eigenvalue weighted by Crippen LogP contribution is 2.42. The minimum absolute atomic E-state index is 0.0377. The SMILES string of the molecule is CC(c1nc(C(N)C(C)(C)C)no1)C1CC1. The maximum atomic E-state index is 6.09. The average molecular weight is 223 g/mol. The molecule has 2 atom stereocenters. The van der Waals surface area contributed by atoms with Gasteiger partial charge in [0.2, 0.25) is 5.89 Å². The lowest BCUT2D eigenvalue weighted by Gasteiger charge is -2.23. The van der Waals surface area contributed by atoms with Crippen LogP contribution in [0.5, 0.6) is 0 Å².